The van der Waals surface area contributed by atoms with Crippen molar-refractivity contribution >= 4 is 11.9 Å². The van der Waals surface area contributed by atoms with E-state index in [0.29, 0.717) is 12.8 Å². The smallest absolute Gasteiger partial charge is 0.303 e. The molecule has 0 saturated carbocycles. The standard InChI is InChI=1S/C14H17NO3/c1-9-2-4-10(5-3-9)11-8-13(16)15-12(11)6-7-14(17)18/h2-5,11-12H,6-8H2,1H3,(H,15,16)(H,17,18). The summed E-state index contributed by atoms with van der Waals surface area (Å²) in [7, 11) is 0. The van der Waals surface area contributed by atoms with Crippen molar-refractivity contribution in [3.8, 4) is 0 Å². The van der Waals surface area contributed by atoms with Gasteiger partial charge < -0.3 is 10.4 Å². The highest BCUT2D eigenvalue weighted by molar-refractivity contribution is 5.80. The van der Waals surface area contributed by atoms with E-state index in [-0.39, 0.29) is 24.3 Å². The molecule has 96 valence electrons. The largest absolute Gasteiger partial charge is 0.481 e. The number of carboxylic acid groups (broad SMARTS) is 1. The average molecular weight is 247 g/mol. The van der Waals surface area contributed by atoms with Crippen molar-refractivity contribution in [3.05, 3.63) is 35.4 Å². The van der Waals surface area contributed by atoms with Gasteiger partial charge in [0.2, 0.25) is 5.91 Å². The first-order chi connectivity index (χ1) is 8.56. The third-order valence-corrected chi connectivity index (χ3v) is 3.41. The highest BCUT2D eigenvalue weighted by Gasteiger charge is 2.33. The summed E-state index contributed by atoms with van der Waals surface area (Å²) in [6.45, 7) is 2.02. The lowest BCUT2D eigenvalue weighted by atomic mass is 9.89. The van der Waals surface area contributed by atoms with Gasteiger partial charge in [0.25, 0.3) is 0 Å². The Kier molecular flexibility index (Phi) is 3.65. The lowest BCUT2D eigenvalue weighted by Gasteiger charge is -2.18. The molecule has 2 atom stereocenters. The molecule has 2 unspecified atom stereocenters. The van der Waals surface area contributed by atoms with Crippen LogP contribution in [0.1, 0.15) is 36.3 Å². The fourth-order valence-corrected chi connectivity index (χ4v) is 2.42. The quantitative estimate of drug-likeness (QED) is 0.853. The molecule has 4 nitrogen and oxygen atoms in total. The summed E-state index contributed by atoms with van der Waals surface area (Å²) in [5, 5.41) is 11.6. The number of aryl methyl sites for hydroxylation is 1. The number of rotatable bonds is 4. The maximum Gasteiger partial charge on any atom is 0.303 e. The van der Waals surface area contributed by atoms with Crippen LogP contribution < -0.4 is 5.32 Å². The molecule has 0 aliphatic carbocycles. The topological polar surface area (TPSA) is 66.4 Å². The second kappa shape index (κ2) is 5.21. The van der Waals surface area contributed by atoms with Gasteiger partial charge in [-0.3, -0.25) is 9.59 Å². The number of hydrogen-bond acceptors (Lipinski definition) is 2. The summed E-state index contributed by atoms with van der Waals surface area (Å²) < 4.78 is 0. The van der Waals surface area contributed by atoms with E-state index < -0.39 is 5.97 Å². The first kappa shape index (κ1) is 12.6. The summed E-state index contributed by atoms with van der Waals surface area (Å²) in [6, 6.07) is 8.03. The van der Waals surface area contributed by atoms with Crippen molar-refractivity contribution in [2.75, 3.05) is 0 Å². The molecule has 1 heterocycles. The summed E-state index contributed by atoms with van der Waals surface area (Å²) in [5.41, 5.74) is 2.28. The van der Waals surface area contributed by atoms with Crippen molar-refractivity contribution in [1.29, 1.82) is 0 Å². The van der Waals surface area contributed by atoms with Gasteiger partial charge in [-0.1, -0.05) is 29.8 Å². The Morgan fingerprint density at radius 2 is 2.06 bits per heavy atom. The SMILES string of the molecule is Cc1ccc(C2CC(=O)NC2CCC(=O)O)cc1. The van der Waals surface area contributed by atoms with E-state index in [2.05, 4.69) is 5.32 Å². The highest BCUT2D eigenvalue weighted by atomic mass is 16.4. The monoisotopic (exact) mass is 247 g/mol. The number of carbonyl (C=O) groups excluding carboxylic acids is 1. The Labute approximate surface area is 106 Å². The molecule has 1 amide bonds. The predicted molar refractivity (Wildman–Crippen MR) is 67.3 cm³/mol. The number of carbonyl (C=O) groups is 2. The second-order valence-corrected chi connectivity index (χ2v) is 4.83. The van der Waals surface area contributed by atoms with E-state index >= 15 is 0 Å². The lowest BCUT2D eigenvalue weighted by molar-refractivity contribution is -0.137. The van der Waals surface area contributed by atoms with Gasteiger partial charge in [0.15, 0.2) is 0 Å². The summed E-state index contributed by atoms with van der Waals surface area (Å²) >= 11 is 0. The minimum atomic E-state index is -0.821. The number of nitrogens with one attached hydrogen (secondary N) is 1. The Morgan fingerprint density at radius 1 is 1.39 bits per heavy atom. The molecule has 1 saturated heterocycles. The van der Waals surface area contributed by atoms with Crippen LogP contribution in [0.5, 0.6) is 0 Å². The van der Waals surface area contributed by atoms with Crippen molar-refractivity contribution in [3.63, 3.8) is 0 Å². The number of hydrogen-bond donors (Lipinski definition) is 2. The molecule has 1 aliphatic rings. The molecule has 2 N–H and O–H groups in total. The number of benzene rings is 1. The third-order valence-electron chi connectivity index (χ3n) is 3.41. The maximum absolute atomic E-state index is 11.5. The summed E-state index contributed by atoms with van der Waals surface area (Å²) in [4.78, 5) is 22.1. The highest BCUT2D eigenvalue weighted by Crippen LogP contribution is 2.30. The Balaban J connectivity index is 2.11. The number of carboxylic acids is 1. The van der Waals surface area contributed by atoms with E-state index in [1.165, 1.54) is 5.56 Å². The number of amides is 1. The maximum atomic E-state index is 11.5. The van der Waals surface area contributed by atoms with Crippen LogP contribution in [0.25, 0.3) is 0 Å². The molecule has 2 rings (SSSR count). The molecule has 0 spiro atoms. The first-order valence-corrected chi connectivity index (χ1v) is 6.14. The molecule has 18 heavy (non-hydrogen) atoms. The van der Waals surface area contributed by atoms with Gasteiger partial charge >= 0.3 is 5.97 Å². The van der Waals surface area contributed by atoms with Gasteiger partial charge in [0, 0.05) is 24.8 Å². The zero-order valence-corrected chi connectivity index (χ0v) is 10.3. The van der Waals surface area contributed by atoms with Gasteiger partial charge in [-0.2, -0.15) is 0 Å². The second-order valence-electron chi connectivity index (χ2n) is 4.83. The Bertz CT molecular complexity index is 453. The van der Waals surface area contributed by atoms with E-state index in [0.717, 1.165) is 5.56 Å². The zero-order chi connectivity index (χ0) is 13.1. The predicted octanol–water partition coefficient (Wildman–Crippen LogP) is 1.83. The minimum Gasteiger partial charge on any atom is -0.481 e. The molecular weight excluding hydrogens is 230 g/mol. The van der Waals surface area contributed by atoms with Crippen molar-refractivity contribution in [2.24, 2.45) is 0 Å². The van der Waals surface area contributed by atoms with E-state index in [1.54, 1.807) is 0 Å². The molecule has 1 aliphatic heterocycles. The van der Waals surface area contributed by atoms with Crippen LogP contribution in [0.4, 0.5) is 0 Å². The first-order valence-electron chi connectivity index (χ1n) is 6.14. The van der Waals surface area contributed by atoms with Crippen molar-refractivity contribution in [2.45, 2.75) is 38.1 Å². The molecular formula is C14H17NO3. The molecule has 1 fully saturated rings. The van der Waals surface area contributed by atoms with E-state index in [1.807, 2.05) is 31.2 Å². The van der Waals surface area contributed by atoms with Gasteiger partial charge in [0.1, 0.15) is 0 Å². The van der Waals surface area contributed by atoms with E-state index in [9.17, 15) is 9.59 Å². The van der Waals surface area contributed by atoms with Crippen molar-refractivity contribution < 1.29 is 14.7 Å². The van der Waals surface area contributed by atoms with Crippen LogP contribution in [0.15, 0.2) is 24.3 Å². The van der Waals surface area contributed by atoms with Crippen molar-refractivity contribution in [1.82, 2.24) is 5.32 Å². The van der Waals surface area contributed by atoms with Crippen LogP contribution in [0.3, 0.4) is 0 Å². The zero-order valence-electron chi connectivity index (χ0n) is 10.3. The molecule has 0 radical (unpaired) electrons. The van der Waals surface area contributed by atoms with Crippen LogP contribution in [-0.2, 0) is 9.59 Å². The lowest BCUT2D eigenvalue weighted by Crippen LogP contribution is -2.28. The van der Waals surface area contributed by atoms with Gasteiger partial charge in [-0.25, -0.2) is 0 Å². The summed E-state index contributed by atoms with van der Waals surface area (Å²) in [5.74, 6) is -0.716. The summed E-state index contributed by atoms with van der Waals surface area (Å²) in [6.07, 6.45) is 1.03. The van der Waals surface area contributed by atoms with E-state index in [4.69, 9.17) is 5.11 Å². The molecule has 4 heteroatoms. The Morgan fingerprint density at radius 3 is 2.67 bits per heavy atom. The molecule has 1 aromatic carbocycles. The molecule has 0 bridgehead atoms. The van der Waals surface area contributed by atoms with Crippen LogP contribution in [-0.4, -0.2) is 23.0 Å². The van der Waals surface area contributed by atoms with Crippen LogP contribution in [0.2, 0.25) is 0 Å². The van der Waals surface area contributed by atoms with Gasteiger partial charge in [-0.05, 0) is 18.9 Å². The average Bonchev–Trinajstić information content (AvgIpc) is 2.69. The number of aliphatic carboxylic acids is 1. The fraction of sp³-hybridized carbons (Fsp3) is 0.429. The minimum absolute atomic E-state index is 0.0102. The third kappa shape index (κ3) is 2.88. The fourth-order valence-electron chi connectivity index (χ4n) is 2.42. The van der Waals surface area contributed by atoms with Gasteiger partial charge in [-0.15, -0.1) is 0 Å². The normalized spacial score (nSPS) is 22.8. The molecule has 1 aromatic rings. The van der Waals surface area contributed by atoms with Gasteiger partial charge in [0.05, 0.1) is 0 Å². The Hall–Kier alpha value is -1.84. The van der Waals surface area contributed by atoms with Crippen LogP contribution in [0, 0.1) is 6.92 Å². The van der Waals surface area contributed by atoms with Crippen LogP contribution >= 0.6 is 0 Å². The molecule has 0 aromatic heterocycles.